The van der Waals surface area contributed by atoms with Crippen LogP contribution < -0.4 is 11.1 Å². The zero-order chi connectivity index (χ0) is 15.3. The average molecular weight is 315 g/mol. The number of carbonyl (C=O) groups excluding carboxylic acids is 1. The summed E-state index contributed by atoms with van der Waals surface area (Å²) in [6.45, 7) is 3.77. The molecule has 0 unspecified atom stereocenters. The summed E-state index contributed by atoms with van der Waals surface area (Å²) in [7, 11) is -3.13. The smallest absolute Gasteiger partial charge is 0.220 e. The number of nitrogens with one attached hydrogen (secondary N) is 1. The van der Waals surface area contributed by atoms with Crippen LogP contribution in [0.25, 0.3) is 0 Å². The molecule has 21 heavy (non-hydrogen) atoms. The Morgan fingerprint density at radius 1 is 1.19 bits per heavy atom. The van der Waals surface area contributed by atoms with Crippen molar-refractivity contribution in [2.24, 2.45) is 11.7 Å². The predicted molar refractivity (Wildman–Crippen MR) is 82.3 cm³/mol. The molecule has 2 rings (SSSR count). The van der Waals surface area contributed by atoms with Crippen molar-refractivity contribution in [3.63, 3.8) is 0 Å². The van der Waals surface area contributed by atoms with E-state index in [2.05, 4.69) is 10.2 Å². The number of piperidine rings is 2. The van der Waals surface area contributed by atoms with Crippen LogP contribution in [0.15, 0.2) is 11.5 Å². The first-order valence-corrected chi connectivity index (χ1v) is 9.23. The number of hydrogen-bond donors (Lipinski definition) is 2. The van der Waals surface area contributed by atoms with Crippen LogP contribution in [0, 0.1) is 5.92 Å². The zero-order valence-corrected chi connectivity index (χ0v) is 13.1. The molecule has 1 amide bonds. The topological polar surface area (TPSA) is 92.5 Å². The Hall–Kier alpha value is -0.920. The minimum atomic E-state index is -3.13. The SMILES string of the molecule is NC(=O)C1CCN(C/C=C/S(=O)(=O)C2CCNCC2)CC1. The minimum absolute atomic E-state index is 0.0244. The van der Waals surface area contributed by atoms with Crippen LogP contribution in [0.1, 0.15) is 25.7 Å². The number of rotatable bonds is 5. The molecule has 120 valence electrons. The molecule has 0 spiro atoms. The molecule has 0 aromatic carbocycles. The van der Waals surface area contributed by atoms with Gasteiger partial charge >= 0.3 is 0 Å². The highest BCUT2D eigenvalue weighted by molar-refractivity contribution is 7.94. The minimum Gasteiger partial charge on any atom is -0.369 e. The Labute approximate surface area is 126 Å². The lowest BCUT2D eigenvalue weighted by Crippen LogP contribution is -2.38. The summed E-state index contributed by atoms with van der Waals surface area (Å²) >= 11 is 0. The first-order valence-electron chi connectivity index (χ1n) is 7.62. The molecule has 2 aliphatic heterocycles. The van der Waals surface area contributed by atoms with Gasteiger partial charge in [-0.1, -0.05) is 6.08 Å². The second-order valence-corrected chi connectivity index (χ2v) is 8.00. The number of nitrogens with two attached hydrogens (primary N) is 1. The molecule has 2 aliphatic rings. The van der Waals surface area contributed by atoms with Crippen molar-refractivity contribution in [2.45, 2.75) is 30.9 Å². The number of primary amides is 1. The fourth-order valence-corrected chi connectivity index (χ4v) is 4.43. The van der Waals surface area contributed by atoms with E-state index in [0.29, 0.717) is 19.4 Å². The molecule has 2 saturated heterocycles. The molecule has 0 aromatic rings. The number of carbonyl (C=O) groups is 1. The lowest BCUT2D eigenvalue weighted by atomic mass is 9.96. The summed E-state index contributed by atoms with van der Waals surface area (Å²) in [6.07, 6.45) is 4.66. The average Bonchev–Trinajstić information content (AvgIpc) is 2.48. The van der Waals surface area contributed by atoms with Crippen molar-refractivity contribution in [3.05, 3.63) is 11.5 Å². The fraction of sp³-hybridized carbons (Fsp3) is 0.786. The van der Waals surface area contributed by atoms with Gasteiger partial charge in [-0.15, -0.1) is 0 Å². The molecule has 0 saturated carbocycles. The molecule has 0 bridgehead atoms. The summed E-state index contributed by atoms with van der Waals surface area (Å²) in [5, 5.41) is 4.31. The zero-order valence-electron chi connectivity index (χ0n) is 12.3. The summed E-state index contributed by atoms with van der Waals surface area (Å²) in [6, 6.07) is 0. The van der Waals surface area contributed by atoms with E-state index in [0.717, 1.165) is 39.0 Å². The monoisotopic (exact) mass is 315 g/mol. The van der Waals surface area contributed by atoms with Gasteiger partial charge in [-0.25, -0.2) is 8.42 Å². The van der Waals surface area contributed by atoms with Crippen LogP contribution in [-0.4, -0.2) is 57.2 Å². The molecule has 6 nitrogen and oxygen atoms in total. The molecule has 2 heterocycles. The van der Waals surface area contributed by atoms with Crippen molar-refractivity contribution < 1.29 is 13.2 Å². The largest absolute Gasteiger partial charge is 0.369 e. The van der Waals surface area contributed by atoms with Crippen LogP contribution in [0.4, 0.5) is 0 Å². The van der Waals surface area contributed by atoms with Crippen molar-refractivity contribution >= 4 is 15.7 Å². The van der Waals surface area contributed by atoms with Crippen molar-refractivity contribution in [1.29, 1.82) is 0 Å². The summed E-state index contributed by atoms with van der Waals surface area (Å²) < 4.78 is 24.3. The van der Waals surface area contributed by atoms with E-state index in [9.17, 15) is 13.2 Å². The van der Waals surface area contributed by atoms with Gasteiger partial charge in [0.15, 0.2) is 9.84 Å². The van der Waals surface area contributed by atoms with Gasteiger partial charge in [0.05, 0.1) is 5.25 Å². The predicted octanol–water partition coefficient (Wildman–Crippen LogP) is -0.136. The van der Waals surface area contributed by atoms with E-state index >= 15 is 0 Å². The highest BCUT2D eigenvalue weighted by atomic mass is 32.2. The van der Waals surface area contributed by atoms with Crippen LogP contribution >= 0.6 is 0 Å². The van der Waals surface area contributed by atoms with E-state index in [1.165, 1.54) is 5.41 Å². The standard InChI is InChI=1S/C14H25N3O3S/c15-14(18)12-4-9-17(10-5-12)8-1-11-21(19,20)13-2-6-16-7-3-13/h1,11-13,16H,2-10H2,(H2,15,18)/b11-1+. The van der Waals surface area contributed by atoms with Crippen LogP contribution in [0.2, 0.25) is 0 Å². The van der Waals surface area contributed by atoms with Crippen LogP contribution in [0.5, 0.6) is 0 Å². The number of hydrogen-bond acceptors (Lipinski definition) is 5. The Morgan fingerprint density at radius 3 is 2.38 bits per heavy atom. The fourth-order valence-electron chi connectivity index (χ4n) is 2.96. The number of amides is 1. The highest BCUT2D eigenvalue weighted by Crippen LogP contribution is 2.17. The third-order valence-electron chi connectivity index (χ3n) is 4.39. The van der Waals surface area contributed by atoms with Gasteiger partial charge in [-0.2, -0.15) is 0 Å². The summed E-state index contributed by atoms with van der Waals surface area (Å²) in [5.41, 5.74) is 5.30. The van der Waals surface area contributed by atoms with Gasteiger partial charge in [0.25, 0.3) is 0 Å². The van der Waals surface area contributed by atoms with E-state index in [1.54, 1.807) is 6.08 Å². The number of likely N-dealkylation sites (tertiary alicyclic amines) is 1. The number of sulfone groups is 1. The van der Waals surface area contributed by atoms with E-state index in [4.69, 9.17) is 5.73 Å². The highest BCUT2D eigenvalue weighted by Gasteiger charge is 2.25. The molecular weight excluding hydrogens is 290 g/mol. The van der Waals surface area contributed by atoms with Gasteiger partial charge in [0.1, 0.15) is 0 Å². The van der Waals surface area contributed by atoms with Crippen molar-refractivity contribution in [2.75, 3.05) is 32.7 Å². The Bertz CT molecular complexity index is 476. The number of nitrogens with zero attached hydrogens (tertiary/aromatic N) is 1. The first-order chi connectivity index (χ1) is 9.99. The maximum absolute atomic E-state index is 12.2. The molecular formula is C14H25N3O3S. The van der Waals surface area contributed by atoms with Crippen LogP contribution in [0.3, 0.4) is 0 Å². The van der Waals surface area contributed by atoms with Crippen molar-refractivity contribution in [3.8, 4) is 0 Å². The van der Waals surface area contributed by atoms with Crippen molar-refractivity contribution in [1.82, 2.24) is 10.2 Å². The Morgan fingerprint density at radius 2 is 1.81 bits per heavy atom. The third kappa shape index (κ3) is 4.79. The molecule has 0 aromatic heterocycles. The second kappa shape index (κ2) is 7.38. The molecule has 0 radical (unpaired) electrons. The second-order valence-electron chi connectivity index (χ2n) is 5.89. The van der Waals surface area contributed by atoms with Gasteiger partial charge in [0, 0.05) is 17.9 Å². The van der Waals surface area contributed by atoms with Gasteiger partial charge in [-0.05, 0) is 51.9 Å². The van der Waals surface area contributed by atoms with Gasteiger partial charge in [0.2, 0.25) is 5.91 Å². The summed E-state index contributed by atoms with van der Waals surface area (Å²) in [5.74, 6) is -0.248. The molecule has 3 N–H and O–H groups in total. The Kier molecular flexibility index (Phi) is 5.78. The van der Waals surface area contributed by atoms with E-state index in [-0.39, 0.29) is 17.1 Å². The van der Waals surface area contributed by atoms with Gasteiger partial charge < -0.3 is 11.1 Å². The first kappa shape index (κ1) is 16.5. The van der Waals surface area contributed by atoms with E-state index < -0.39 is 9.84 Å². The molecule has 0 atom stereocenters. The van der Waals surface area contributed by atoms with Crippen LogP contribution in [-0.2, 0) is 14.6 Å². The molecule has 2 fully saturated rings. The quantitative estimate of drug-likeness (QED) is 0.737. The maximum Gasteiger partial charge on any atom is 0.220 e. The lowest BCUT2D eigenvalue weighted by Gasteiger charge is -2.29. The third-order valence-corrected chi connectivity index (χ3v) is 6.36. The van der Waals surface area contributed by atoms with Gasteiger partial charge in [-0.3, -0.25) is 9.69 Å². The molecule has 0 aliphatic carbocycles. The van der Waals surface area contributed by atoms with E-state index in [1.807, 2.05) is 0 Å². The molecule has 7 heteroatoms. The lowest BCUT2D eigenvalue weighted by molar-refractivity contribution is -0.123. The normalized spacial score (nSPS) is 23.6. The maximum atomic E-state index is 12.2. The summed E-state index contributed by atoms with van der Waals surface area (Å²) in [4.78, 5) is 13.2. The Balaban J connectivity index is 1.78.